The van der Waals surface area contributed by atoms with Crippen LogP contribution in [0.5, 0.6) is 0 Å². The van der Waals surface area contributed by atoms with Gasteiger partial charge >= 0.3 is 6.09 Å². The number of ether oxygens (including phenoxy) is 1. The molecule has 0 aliphatic carbocycles. The van der Waals surface area contributed by atoms with Crippen LogP contribution in [0.4, 0.5) is 16.4 Å². The smallest absolute Gasteiger partial charge is 0.410 e. The highest BCUT2D eigenvalue weighted by Gasteiger charge is 2.27. The molecule has 0 radical (unpaired) electrons. The summed E-state index contributed by atoms with van der Waals surface area (Å²) in [6.45, 7) is 7.59. The summed E-state index contributed by atoms with van der Waals surface area (Å²) >= 11 is 0. The minimum atomic E-state index is -0.487. The monoisotopic (exact) mass is 375 g/mol. The van der Waals surface area contributed by atoms with Crippen molar-refractivity contribution in [3.63, 3.8) is 0 Å². The molecular formula is C18H25N5O4. The second-order valence-corrected chi connectivity index (χ2v) is 7.81. The SMILES string of the molecule is CC(C)(C)OC(=O)N1CCC(CNc2nc3c([N+](=O)[O-])cccc3[nH]2)CC1. The minimum absolute atomic E-state index is 0.0116. The van der Waals surface area contributed by atoms with Crippen LogP contribution in [0, 0.1) is 16.0 Å². The van der Waals surface area contributed by atoms with Gasteiger partial charge in [0, 0.05) is 25.7 Å². The predicted octanol–water partition coefficient (Wildman–Crippen LogP) is 3.53. The molecule has 1 saturated heterocycles. The number of carbonyl (C=O) groups excluding carboxylic acids is 1. The molecule has 2 heterocycles. The number of likely N-dealkylation sites (tertiary alicyclic amines) is 1. The Balaban J connectivity index is 1.53. The Labute approximate surface area is 157 Å². The van der Waals surface area contributed by atoms with Crippen LogP contribution in [0.2, 0.25) is 0 Å². The number of aromatic nitrogens is 2. The van der Waals surface area contributed by atoms with Crippen molar-refractivity contribution in [3.05, 3.63) is 28.3 Å². The van der Waals surface area contributed by atoms with Gasteiger partial charge in [-0.3, -0.25) is 10.1 Å². The third-order valence-corrected chi connectivity index (χ3v) is 4.51. The second kappa shape index (κ2) is 7.42. The molecule has 3 rings (SSSR count). The summed E-state index contributed by atoms with van der Waals surface area (Å²) in [6.07, 6.45) is 1.47. The molecule has 1 fully saturated rings. The molecule has 0 atom stereocenters. The lowest BCUT2D eigenvalue weighted by molar-refractivity contribution is -0.383. The first-order chi connectivity index (χ1) is 12.7. The van der Waals surface area contributed by atoms with Crippen molar-refractivity contribution in [1.82, 2.24) is 14.9 Å². The van der Waals surface area contributed by atoms with E-state index in [1.807, 2.05) is 20.8 Å². The average Bonchev–Trinajstić information content (AvgIpc) is 3.01. The molecule has 27 heavy (non-hydrogen) atoms. The number of hydrogen-bond acceptors (Lipinski definition) is 6. The fourth-order valence-corrected chi connectivity index (χ4v) is 3.14. The number of nitrogens with one attached hydrogen (secondary N) is 2. The molecular weight excluding hydrogens is 350 g/mol. The fraction of sp³-hybridized carbons (Fsp3) is 0.556. The Hall–Kier alpha value is -2.84. The molecule has 9 heteroatoms. The largest absolute Gasteiger partial charge is 0.444 e. The summed E-state index contributed by atoms with van der Waals surface area (Å²) in [7, 11) is 0. The number of nitro groups is 1. The number of fused-ring (bicyclic) bond motifs is 1. The van der Waals surface area contributed by atoms with Crippen LogP contribution >= 0.6 is 0 Å². The van der Waals surface area contributed by atoms with Gasteiger partial charge in [-0.2, -0.15) is 0 Å². The van der Waals surface area contributed by atoms with E-state index >= 15 is 0 Å². The molecule has 1 aromatic heterocycles. The highest BCUT2D eigenvalue weighted by molar-refractivity contribution is 5.86. The number of amides is 1. The Morgan fingerprint density at radius 1 is 1.41 bits per heavy atom. The van der Waals surface area contributed by atoms with E-state index in [2.05, 4.69) is 15.3 Å². The van der Waals surface area contributed by atoms with Crippen LogP contribution in [0.25, 0.3) is 11.0 Å². The van der Waals surface area contributed by atoms with Gasteiger partial charge in [-0.1, -0.05) is 6.07 Å². The number of imidazole rings is 1. The number of aromatic amines is 1. The third-order valence-electron chi connectivity index (χ3n) is 4.51. The first-order valence-corrected chi connectivity index (χ1v) is 9.08. The number of piperidine rings is 1. The van der Waals surface area contributed by atoms with Crippen molar-refractivity contribution in [1.29, 1.82) is 0 Å². The van der Waals surface area contributed by atoms with Gasteiger partial charge < -0.3 is 19.9 Å². The molecule has 1 aliphatic rings. The van der Waals surface area contributed by atoms with Crippen molar-refractivity contribution in [2.24, 2.45) is 5.92 Å². The van der Waals surface area contributed by atoms with E-state index in [1.165, 1.54) is 6.07 Å². The quantitative estimate of drug-likeness (QED) is 0.624. The van der Waals surface area contributed by atoms with Crippen molar-refractivity contribution in [2.75, 3.05) is 25.0 Å². The highest BCUT2D eigenvalue weighted by Crippen LogP contribution is 2.25. The summed E-state index contributed by atoms with van der Waals surface area (Å²) in [5, 5.41) is 14.3. The Bertz CT molecular complexity index is 834. The van der Waals surface area contributed by atoms with E-state index in [-0.39, 0.29) is 11.8 Å². The van der Waals surface area contributed by atoms with E-state index in [0.29, 0.717) is 42.5 Å². The van der Waals surface area contributed by atoms with Gasteiger partial charge in [-0.05, 0) is 45.6 Å². The van der Waals surface area contributed by atoms with Gasteiger partial charge in [0.2, 0.25) is 5.95 Å². The maximum atomic E-state index is 12.1. The molecule has 146 valence electrons. The van der Waals surface area contributed by atoms with E-state index < -0.39 is 10.5 Å². The maximum Gasteiger partial charge on any atom is 0.410 e. The zero-order chi connectivity index (χ0) is 19.6. The average molecular weight is 375 g/mol. The first kappa shape index (κ1) is 18.9. The highest BCUT2D eigenvalue weighted by atomic mass is 16.6. The number of rotatable bonds is 4. The minimum Gasteiger partial charge on any atom is -0.444 e. The number of nitrogens with zero attached hydrogens (tertiary/aromatic N) is 3. The van der Waals surface area contributed by atoms with Gasteiger partial charge in [0.1, 0.15) is 5.60 Å². The number of hydrogen-bond donors (Lipinski definition) is 2. The van der Waals surface area contributed by atoms with Gasteiger partial charge in [0.15, 0.2) is 5.52 Å². The zero-order valence-corrected chi connectivity index (χ0v) is 15.8. The maximum absolute atomic E-state index is 12.1. The number of H-pyrrole nitrogens is 1. The molecule has 1 aliphatic heterocycles. The van der Waals surface area contributed by atoms with Crippen molar-refractivity contribution < 1.29 is 14.5 Å². The van der Waals surface area contributed by atoms with E-state index in [9.17, 15) is 14.9 Å². The molecule has 0 spiro atoms. The van der Waals surface area contributed by atoms with E-state index in [0.717, 1.165) is 12.8 Å². The third kappa shape index (κ3) is 4.66. The molecule has 0 saturated carbocycles. The van der Waals surface area contributed by atoms with Crippen LogP contribution in [0.15, 0.2) is 18.2 Å². The van der Waals surface area contributed by atoms with Crippen molar-refractivity contribution in [2.45, 2.75) is 39.2 Å². The topological polar surface area (TPSA) is 113 Å². The Morgan fingerprint density at radius 3 is 2.74 bits per heavy atom. The molecule has 0 unspecified atom stereocenters. The summed E-state index contributed by atoms with van der Waals surface area (Å²) in [5.41, 5.74) is 0.484. The standard InChI is InChI=1S/C18H25N5O4/c1-18(2,3)27-17(24)22-9-7-12(8-10-22)11-19-16-20-13-5-4-6-14(23(25)26)15(13)21-16/h4-6,12H,7-11H2,1-3H3,(H2,19,20,21). The number of nitro benzene ring substituents is 1. The number of benzene rings is 1. The summed E-state index contributed by atoms with van der Waals surface area (Å²) in [5.74, 6) is 0.917. The van der Waals surface area contributed by atoms with Crippen LogP contribution in [-0.4, -0.2) is 51.1 Å². The van der Waals surface area contributed by atoms with Gasteiger partial charge in [-0.25, -0.2) is 9.78 Å². The lowest BCUT2D eigenvalue weighted by Gasteiger charge is -2.33. The van der Waals surface area contributed by atoms with Gasteiger partial charge in [0.05, 0.1) is 10.4 Å². The lowest BCUT2D eigenvalue weighted by Crippen LogP contribution is -2.42. The van der Waals surface area contributed by atoms with Crippen LogP contribution in [-0.2, 0) is 4.74 Å². The molecule has 1 aromatic carbocycles. The van der Waals surface area contributed by atoms with E-state index in [1.54, 1.807) is 17.0 Å². The fourth-order valence-electron chi connectivity index (χ4n) is 3.14. The van der Waals surface area contributed by atoms with Gasteiger partial charge in [-0.15, -0.1) is 0 Å². The van der Waals surface area contributed by atoms with Crippen LogP contribution in [0.1, 0.15) is 33.6 Å². The van der Waals surface area contributed by atoms with Crippen LogP contribution in [0.3, 0.4) is 0 Å². The van der Waals surface area contributed by atoms with Crippen molar-refractivity contribution in [3.8, 4) is 0 Å². The molecule has 2 aromatic rings. The molecule has 2 N–H and O–H groups in total. The lowest BCUT2D eigenvalue weighted by atomic mass is 9.97. The number of non-ortho nitro benzene ring substituents is 1. The van der Waals surface area contributed by atoms with E-state index in [4.69, 9.17) is 4.74 Å². The van der Waals surface area contributed by atoms with Gasteiger partial charge in [0.25, 0.3) is 5.69 Å². The Kier molecular flexibility index (Phi) is 5.20. The summed E-state index contributed by atoms with van der Waals surface area (Å²) in [4.78, 5) is 31.9. The summed E-state index contributed by atoms with van der Waals surface area (Å²) < 4.78 is 5.41. The number of carbonyl (C=O) groups is 1. The number of anilines is 1. The zero-order valence-electron chi connectivity index (χ0n) is 15.8. The first-order valence-electron chi connectivity index (χ1n) is 9.08. The van der Waals surface area contributed by atoms with Crippen LogP contribution < -0.4 is 5.32 Å². The normalized spacial score (nSPS) is 15.7. The summed E-state index contributed by atoms with van der Waals surface area (Å²) in [6, 6.07) is 4.84. The Morgan fingerprint density at radius 2 is 2.11 bits per heavy atom. The number of para-hydroxylation sites is 1. The predicted molar refractivity (Wildman–Crippen MR) is 102 cm³/mol. The second-order valence-electron chi connectivity index (χ2n) is 7.81. The molecule has 0 bridgehead atoms. The van der Waals surface area contributed by atoms with Crippen molar-refractivity contribution >= 4 is 28.8 Å². The molecule has 1 amide bonds. The molecule has 9 nitrogen and oxygen atoms in total.